The van der Waals surface area contributed by atoms with E-state index < -0.39 is 30.6 Å². The Morgan fingerprint density at radius 2 is 1.83 bits per heavy atom. The van der Waals surface area contributed by atoms with Crippen LogP contribution < -0.4 is 15.5 Å². The maximum Gasteiger partial charge on any atom is 0.414 e. The predicted molar refractivity (Wildman–Crippen MR) is 153 cm³/mol. The zero-order valence-electron chi connectivity index (χ0n) is 22.9. The SMILES string of the molecule is CN(C)Cc1ccc(C(=O)ON(CC2CN(c3ccc(N4CCN(C(=O)CO)CC4)c(F)c3)C(=O)O2)C(N)=S)cc1. The van der Waals surface area contributed by atoms with Crippen LogP contribution in [0.1, 0.15) is 15.9 Å². The Morgan fingerprint density at radius 1 is 1.15 bits per heavy atom. The smallest absolute Gasteiger partial charge is 0.414 e. The first-order valence-corrected chi connectivity index (χ1v) is 13.4. The third-order valence-electron chi connectivity index (χ3n) is 6.72. The molecule has 220 valence electrons. The molecule has 2 fully saturated rings. The largest absolute Gasteiger partial charge is 0.442 e. The molecule has 2 aliphatic heterocycles. The highest BCUT2D eigenvalue weighted by atomic mass is 32.1. The van der Waals surface area contributed by atoms with Crippen molar-refractivity contribution in [2.24, 2.45) is 5.73 Å². The molecule has 2 amide bonds. The van der Waals surface area contributed by atoms with Crippen molar-refractivity contribution in [1.82, 2.24) is 14.9 Å². The standard InChI is InChI=1S/C27H33FN6O6S/c1-30(2)14-18-3-5-19(6-4-18)25(37)40-34(26(29)41)16-21-15-33(27(38)39-21)20-7-8-23(22(28)13-20)31-9-11-32(12-10-31)24(36)17-35/h3-8,13,21,35H,9-12,14-17H2,1-2H3,(H2,29,41). The lowest BCUT2D eigenvalue weighted by Crippen LogP contribution is -2.49. The summed E-state index contributed by atoms with van der Waals surface area (Å²) >= 11 is 5.04. The monoisotopic (exact) mass is 588 g/mol. The van der Waals surface area contributed by atoms with Gasteiger partial charge < -0.3 is 35.1 Å². The number of piperazine rings is 1. The van der Waals surface area contributed by atoms with Crippen LogP contribution in [0.4, 0.5) is 20.6 Å². The number of carbonyl (C=O) groups is 3. The number of anilines is 2. The van der Waals surface area contributed by atoms with Crippen molar-refractivity contribution in [2.45, 2.75) is 12.6 Å². The molecule has 2 aliphatic rings. The fourth-order valence-electron chi connectivity index (χ4n) is 4.67. The third kappa shape index (κ3) is 7.39. The fourth-order valence-corrected chi connectivity index (χ4v) is 4.78. The summed E-state index contributed by atoms with van der Waals surface area (Å²) in [5.41, 5.74) is 7.74. The van der Waals surface area contributed by atoms with Crippen molar-refractivity contribution in [3.05, 3.63) is 59.4 Å². The molecule has 41 heavy (non-hydrogen) atoms. The number of amides is 2. The molecular weight excluding hydrogens is 555 g/mol. The Labute approximate surface area is 242 Å². The molecule has 4 rings (SSSR count). The number of hydrogen-bond donors (Lipinski definition) is 2. The minimum absolute atomic E-state index is 0.0511. The summed E-state index contributed by atoms with van der Waals surface area (Å²) in [6, 6.07) is 11.4. The number of cyclic esters (lactones) is 1. The molecule has 2 aromatic carbocycles. The molecule has 0 bridgehead atoms. The van der Waals surface area contributed by atoms with Crippen molar-refractivity contribution in [3.63, 3.8) is 0 Å². The average molecular weight is 589 g/mol. The van der Waals surface area contributed by atoms with Crippen molar-refractivity contribution < 1.29 is 33.5 Å². The second kappa shape index (κ2) is 13.1. The first-order valence-electron chi connectivity index (χ1n) is 13.0. The summed E-state index contributed by atoms with van der Waals surface area (Å²) in [5.74, 6) is -1.56. The number of aliphatic hydroxyl groups is 1. The van der Waals surface area contributed by atoms with E-state index in [0.29, 0.717) is 43.1 Å². The van der Waals surface area contributed by atoms with Gasteiger partial charge in [-0.2, -0.15) is 5.06 Å². The van der Waals surface area contributed by atoms with Crippen LogP contribution in [0.2, 0.25) is 0 Å². The second-order valence-corrected chi connectivity index (χ2v) is 10.4. The molecule has 0 aliphatic carbocycles. The van der Waals surface area contributed by atoms with E-state index >= 15 is 4.39 Å². The topological polar surface area (TPSA) is 132 Å². The first-order chi connectivity index (χ1) is 19.5. The van der Waals surface area contributed by atoms with Gasteiger partial charge in [0.25, 0.3) is 0 Å². The lowest BCUT2D eigenvalue weighted by atomic mass is 10.1. The molecule has 2 aromatic rings. The van der Waals surface area contributed by atoms with Gasteiger partial charge in [-0.1, -0.05) is 12.1 Å². The van der Waals surface area contributed by atoms with Gasteiger partial charge in [0, 0.05) is 32.7 Å². The molecule has 14 heteroatoms. The molecule has 0 saturated carbocycles. The van der Waals surface area contributed by atoms with E-state index in [-0.39, 0.29) is 24.1 Å². The van der Waals surface area contributed by atoms with Crippen molar-refractivity contribution in [1.29, 1.82) is 0 Å². The van der Waals surface area contributed by atoms with Crippen LogP contribution in [0.15, 0.2) is 42.5 Å². The lowest BCUT2D eigenvalue weighted by Gasteiger charge is -2.36. The van der Waals surface area contributed by atoms with Gasteiger partial charge in [0.15, 0.2) is 0 Å². The summed E-state index contributed by atoms with van der Waals surface area (Å²) in [6.07, 6.45) is -1.46. The number of ether oxygens (including phenoxy) is 1. The quantitative estimate of drug-likeness (QED) is 0.340. The van der Waals surface area contributed by atoms with E-state index in [1.165, 1.54) is 15.9 Å². The van der Waals surface area contributed by atoms with Gasteiger partial charge in [-0.15, -0.1) is 0 Å². The highest BCUT2D eigenvalue weighted by Crippen LogP contribution is 2.29. The van der Waals surface area contributed by atoms with E-state index in [9.17, 15) is 14.4 Å². The van der Waals surface area contributed by atoms with E-state index in [4.69, 9.17) is 32.6 Å². The second-order valence-electron chi connectivity index (χ2n) is 9.99. The molecule has 3 N–H and O–H groups in total. The van der Waals surface area contributed by atoms with Gasteiger partial charge >= 0.3 is 12.1 Å². The Bertz CT molecular complexity index is 1290. The Balaban J connectivity index is 1.36. The van der Waals surface area contributed by atoms with E-state index in [1.54, 1.807) is 29.2 Å². The summed E-state index contributed by atoms with van der Waals surface area (Å²) in [6.45, 7) is 1.65. The average Bonchev–Trinajstić information content (AvgIpc) is 3.32. The van der Waals surface area contributed by atoms with Gasteiger partial charge in [0.2, 0.25) is 11.0 Å². The van der Waals surface area contributed by atoms with Crippen LogP contribution >= 0.6 is 12.2 Å². The number of hydroxylamine groups is 2. The zero-order valence-corrected chi connectivity index (χ0v) is 23.7. The minimum Gasteiger partial charge on any atom is -0.442 e. The maximum absolute atomic E-state index is 15.1. The number of benzene rings is 2. The Hall–Kier alpha value is -4.01. The zero-order chi connectivity index (χ0) is 29.7. The van der Waals surface area contributed by atoms with Crippen LogP contribution in [-0.4, -0.2) is 109 Å². The first kappa shape index (κ1) is 30.0. The van der Waals surface area contributed by atoms with Crippen LogP contribution in [0.3, 0.4) is 0 Å². The number of hydrogen-bond acceptors (Lipinski definition) is 9. The number of halogens is 1. The van der Waals surface area contributed by atoms with Crippen molar-refractivity contribution in [2.75, 3.05) is 69.8 Å². The van der Waals surface area contributed by atoms with Gasteiger partial charge in [-0.05, 0) is 62.2 Å². The van der Waals surface area contributed by atoms with Gasteiger partial charge in [0.05, 0.1) is 30.0 Å². The Kier molecular flexibility index (Phi) is 9.57. The normalized spacial score (nSPS) is 17.0. The minimum atomic E-state index is -0.765. The predicted octanol–water partition coefficient (Wildman–Crippen LogP) is 1.17. The number of nitrogens with zero attached hydrogens (tertiary/aromatic N) is 5. The molecule has 1 unspecified atom stereocenters. The molecule has 0 radical (unpaired) electrons. The van der Waals surface area contributed by atoms with Gasteiger partial charge in [-0.25, -0.2) is 14.0 Å². The summed E-state index contributed by atoms with van der Waals surface area (Å²) in [5, 5.41) is 9.82. The van der Waals surface area contributed by atoms with Crippen LogP contribution in [-0.2, 0) is 20.9 Å². The van der Waals surface area contributed by atoms with Crippen LogP contribution in [0.25, 0.3) is 0 Å². The van der Waals surface area contributed by atoms with E-state index in [0.717, 1.165) is 17.2 Å². The molecule has 1 atom stereocenters. The maximum atomic E-state index is 15.1. The van der Waals surface area contributed by atoms with Gasteiger partial charge in [0.1, 0.15) is 18.5 Å². The highest BCUT2D eigenvalue weighted by molar-refractivity contribution is 7.80. The number of aliphatic hydroxyl groups excluding tert-OH is 1. The fraction of sp³-hybridized carbons (Fsp3) is 0.407. The molecule has 0 aromatic heterocycles. The summed E-state index contributed by atoms with van der Waals surface area (Å²) in [4.78, 5) is 49.0. The number of rotatable bonds is 8. The molecule has 12 nitrogen and oxygen atoms in total. The van der Waals surface area contributed by atoms with Crippen LogP contribution in [0.5, 0.6) is 0 Å². The summed E-state index contributed by atoms with van der Waals surface area (Å²) < 4.78 is 20.5. The van der Waals surface area contributed by atoms with Crippen molar-refractivity contribution in [3.8, 4) is 0 Å². The lowest BCUT2D eigenvalue weighted by molar-refractivity contribution is -0.134. The highest BCUT2D eigenvalue weighted by Gasteiger charge is 2.35. The van der Waals surface area contributed by atoms with Crippen molar-refractivity contribution >= 4 is 46.7 Å². The molecule has 2 heterocycles. The molecule has 2 saturated heterocycles. The Morgan fingerprint density at radius 3 is 2.41 bits per heavy atom. The molecular formula is C27H33FN6O6S. The number of carbonyl (C=O) groups excluding carboxylic acids is 3. The molecule has 0 spiro atoms. The van der Waals surface area contributed by atoms with E-state index in [1.807, 2.05) is 31.1 Å². The summed E-state index contributed by atoms with van der Waals surface area (Å²) in [7, 11) is 3.89. The number of nitrogens with two attached hydrogens (primary N) is 1. The third-order valence-corrected chi connectivity index (χ3v) is 6.93. The van der Waals surface area contributed by atoms with Crippen LogP contribution in [0, 0.1) is 5.82 Å². The van der Waals surface area contributed by atoms with E-state index in [2.05, 4.69) is 0 Å². The number of thiocarbonyl (C=S) groups is 1. The van der Waals surface area contributed by atoms with Gasteiger partial charge in [-0.3, -0.25) is 9.69 Å².